The number of benzene rings is 3. The molecule has 1 unspecified atom stereocenters. The molecule has 0 saturated heterocycles. The third kappa shape index (κ3) is 6.05. The molecule has 1 heterocycles. The highest BCUT2D eigenvalue weighted by atomic mass is 79.9. The highest BCUT2D eigenvalue weighted by molar-refractivity contribution is 9.10. The summed E-state index contributed by atoms with van der Waals surface area (Å²) < 4.78 is 27.8. The minimum absolute atomic E-state index is 0.185. The van der Waals surface area contributed by atoms with E-state index in [1.54, 1.807) is 55.7 Å². The summed E-state index contributed by atoms with van der Waals surface area (Å²) >= 11 is 3.38. The molecule has 3 aromatic carbocycles. The Morgan fingerprint density at radius 2 is 1.68 bits per heavy atom. The summed E-state index contributed by atoms with van der Waals surface area (Å²) in [4.78, 5) is 27.6. The Morgan fingerprint density at radius 1 is 1.00 bits per heavy atom. The molecule has 0 fully saturated rings. The van der Waals surface area contributed by atoms with Crippen molar-refractivity contribution in [3.8, 4) is 11.8 Å². The Kier molecular flexibility index (Phi) is 8.01. The van der Waals surface area contributed by atoms with Crippen molar-refractivity contribution in [1.82, 2.24) is 15.6 Å². The van der Waals surface area contributed by atoms with Crippen LogP contribution in [-0.2, 0) is 6.42 Å². The van der Waals surface area contributed by atoms with Crippen molar-refractivity contribution in [2.24, 2.45) is 0 Å². The predicted octanol–water partition coefficient (Wildman–Crippen LogP) is 4.30. The Labute approximate surface area is 220 Å². The number of carbonyl (C=O) groups excluding carboxylic acids is 2. The average molecular weight is 566 g/mol. The van der Waals surface area contributed by atoms with Gasteiger partial charge in [-0.15, -0.1) is 0 Å². The van der Waals surface area contributed by atoms with Gasteiger partial charge in [-0.1, -0.05) is 11.8 Å². The fourth-order valence-electron chi connectivity index (χ4n) is 3.80. The number of aromatic amines is 1. The minimum Gasteiger partial charge on any atom is -0.394 e. The molecule has 37 heavy (non-hydrogen) atoms. The first-order valence-electron chi connectivity index (χ1n) is 11.3. The van der Waals surface area contributed by atoms with Crippen molar-refractivity contribution in [3.05, 3.63) is 105 Å². The molecule has 0 aliphatic carbocycles. The first-order chi connectivity index (χ1) is 17.8. The van der Waals surface area contributed by atoms with Gasteiger partial charge in [0.15, 0.2) is 11.6 Å². The van der Waals surface area contributed by atoms with Crippen LogP contribution in [0.3, 0.4) is 0 Å². The molecule has 0 spiro atoms. The smallest absolute Gasteiger partial charge is 0.252 e. The molecule has 0 radical (unpaired) electrons. The van der Waals surface area contributed by atoms with E-state index in [9.17, 15) is 23.5 Å². The molecule has 6 nitrogen and oxygen atoms in total. The quantitative estimate of drug-likeness (QED) is 0.262. The number of amides is 2. The van der Waals surface area contributed by atoms with E-state index in [2.05, 4.69) is 43.4 Å². The SMILES string of the molecule is CNC(=O)c1ccc(C#Cc2ccc(Br)c(C(=O)NC(CO)Cc3c[nH]c4cc(F)c(F)cc34)c2)cc1. The maximum Gasteiger partial charge on any atom is 0.252 e. The number of nitrogens with one attached hydrogen (secondary N) is 3. The monoisotopic (exact) mass is 565 g/mol. The van der Waals surface area contributed by atoms with Gasteiger partial charge in [-0.25, -0.2) is 8.78 Å². The van der Waals surface area contributed by atoms with Crippen molar-refractivity contribution in [2.45, 2.75) is 12.5 Å². The summed E-state index contributed by atoms with van der Waals surface area (Å²) in [6.45, 7) is -0.356. The highest BCUT2D eigenvalue weighted by Gasteiger charge is 2.18. The van der Waals surface area contributed by atoms with Crippen molar-refractivity contribution in [1.29, 1.82) is 0 Å². The van der Waals surface area contributed by atoms with E-state index in [-0.39, 0.29) is 18.9 Å². The summed E-state index contributed by atoms with van der Waals surface area (Å²) in [6, 6.07) is 13.4. The number of halogens is 3. The first-order valence-corrected chi connectivity index (χ1v) is 12.1. The summed E-state index contributed by atoms with van der Waals surface area (Å²) in [5.41, 5.74) is 3.21. The van der Waals surface area contributed by atoms with Gasteiger partial charge in [-0.05, 0) is 76.4 Å². The van der Waals surface area contributed by atoms with Crippen LogP contribution < -0.4 is 10.6 Å². The van der Waals surface area contributed by atoms with Crippen LogP contribution in [0, 0.1) is 23.5 Å². The molecule has 4 N–H and O–H groups in total. The molecule has 1 aromatic heterocycles. The van der Waals surface area contributed by atoms with Gasteiger partial charge in [-0.3, -0.25) is 9.59 Å². The first kappa shape index (κ1) is 26.1. The van der Waals surface area contributed by atoms with E-state index in [1.807, 2.05) is 0 Å². The van der Waals surface area contributed by atoms with E-state index >= 15 is 0 Å². The number of aliphatic hydroxyl groups excluding tert-OH is 1. The topological polar surface area (TPSA) is 94.2 Å². The Balaban J connectivity index is 1.49. The summed E-state index contributed by atoms with van der Waals surface area (Å²) in [6.07, 6.45) is 1.81. The van der Waals surface area contributed by atoms with Gasteiger partial charge >= 0.3 is 0 Å². The summed E-state index contributed by atoms with van der Waals surface area (Å²) in [5.74, 6) is 3.48. The van der Waals surface area contributed by atoms with Gasteiger partial charge < -0.3 is 20.7 Å². The summed E-state index contributed by atoms with van der Waals surface area (Å²) in [5, 5.41) is 15.7. The van der Waals surface area contributed by atoms with Crippen molar-refractivity contribution in [3.63, 3.8) is 0 Å². The predicted molar refractivity (Wildman–Crippen MR) is 140 cm³/mol. The Morgan fingerprint density at radius 3 is 2.38 bits per heavy atom. The molecule has 0 bridgehead atoms. The number of aliphatic hydroxyl groups is 1. The second-order valence-electron chi connectivity index (χ2n) is 8.28. The van der Waals surface area contributed by atoms with E-state index in [1.165, 1.54) is 0 Å². The maximum absolute atomic E-state index is 13.7. The molecule has 2 amide bonds. The third-order valence-corrected chi connectivity index (χ3v) is 6.46. The molecule has 0 aliphatic rings. The van der Waals surface area contributed by atoms with Crippen molar-refractivity contribution >= 4 is 38.6 Å². The lowest BCUT2D eigenvalue weighted by Gasteiger charge is -2.17. The van der Waals surface area contributed by atoms with Crippen LogP contribution in [-0.4, -0.2) is 41.6 Å². The molecule has 0 aliphatic heterocycles. The lowest BCUT2D eigenvalue weighted by Crippen LogP contribution is -2.39. The summed E-state index contributed by atoms with van der Waals surface area (Å²) in [7, 11) is 1.56. The van der Waals surface area contributed by atoms with Gasteiger partial charge in [-0.2, -0.15) is 0 Å². The fourth-order valence-corrected chi connectivity index (χ4v) is 4.23. The number of H-pyrrole nitrogens is 1. The highest BCUT2D eigenvalue weighted by Crippen LogP contribution is 2.23. The molecular weight excluding hydrogens is 544 g/mol. The molecule has 4 aromatic rings. The van der Waals surface area contributed by atoms with Crippen molar-refractivity contribution in [2.75, 3.05) is 13.7 Å². The van der Waals surface area contributed by atoms with Crippen LogP contribution in [0.2, 0.25) is 0 Å². The largest absolute Gasteiger partial charge is 0.394 e. The van der Waals surface area contributed by atoms with Gasteiger partial charge in [0, 0.05) is 51.4 Å². The number of rotatable bonds is 6. The average Bonchev–Trinajstić information content (AvgIpc) is 3.28. The molecule has 188 valence electrons. The van der Waals surface area contributed by atoms with Crippen LogP contribution >= 0.6 is 15.9 Å². The van der Waals surface area contributed by atoms with Crippen LogP contribution in [0.1, 0.15) is 37.4 Å². The van der Waals surface area contributed by atoms with Crippen LogP contribution in [0.5, 0.6) is 0 Å². The van der Waals surface area contributed by atoms with Crippen LogP contribution in [0.15, 0.2) is 65.3 Å². The molecule has 4 rings (SSSR count). The van der Waals surface area contributed by atoms with Gasteiger partial charge in [0.05, 0.1) is 18.2 Å². The van der Waals surface area contributed by atoms with Gasteiger partial charge in [0.25, 0.3) is 11.8 Å². The minimum atomic E-state index is -0.970. The zero-order chi connectivity index (χ0) is 26.5. The number of aromatic nitrogens is 1. The van der Waals surface area contributed by atoms with Crippen LogP contribution in [0.4, 0.5) is 8.78 Å². The standard InChI is InChI=1S/C28H22BrF2N3O3/c1-32-27(36)18-7-4-16(5-8-18)2-3-17-6-9-23(29)22(10-17)28(37)34-20(15-35)11-19-14-33-26-13-25(31)24(30)12-21(19)26/h4-10,12-14,20,33,35H,11,15H2,1H3,(H,32,36)(H,34,37). The number of fused-ring (bicyclic) bond motifs is 1. The molecule has 1 atom stereocenters. The lowest BCUT2D eigenvalue weighted by atomic mass is 10.0. The number of carbonyl (C=O) groups is 2. The van der Waals surface area contributed by atoms with E-state index in [0.29, 0.717) is 43.2 Å². The number of hydrogen-bond donors (Lipinski definition) is 4. The zero-order valence-corrected chi connectivity index (χ0v) is 21.2. The van der Waals surface area contributed by atoms with Gasteiger partial charge in [0.1, 0.15) is 0 Å². The Bertz CT molecular complexity index is 1540. The van der Waals surface area contributed by atoms with Crippen molar-refractivity contribution < 1.29 is 23.5 Å². The zero-order valence-electron chi connectivity index (χ0n) is 19.7. The lowest BCUT2D eigenvalue weighted by molar-refractivity contribution is 0.0914. The van der Waals surface area contributed by atoms with Gasteiger partial charge in [0.2, 0.25) is 0 Å². The fraction of sp³-hybridized carbons (Fsp3) is 0.143. The van der Waals surface area contributed by atoms with E-state index in [4.69, 9.17) is 0 Å². The van der Waals surface area contributed by atoms with E-state index in [0.717, 1.165) is 12.1 Å². The third-order valence-electron chi connectivity index (χ3n) is 5.77. The molecule has 9 heteroatoms. The second-order valence-corrected chi connectivity index (χ2v) is 9.14. The van der Waals surface area contributed by atoms with E-state index < -0.39 is 23.6 Å². The second kappa shape index (κ2) is 11.4. The number of hydrogen-bond acceptors (Lipinski definition) is 3. The van der Waals surface area contributed by atoms with Crippen LogP contribution in [0.25, 0.3) is 10.9 Å². The molecular formula is C28H22BrF2N3O3. The Hall–Kier alpha value is -4.00. The normalized spacial score (nSPS) is 11.5. The molecule has 0 saturated carbocycles. The maximum atomic E-state index is 13.7.